The minimum Gasteiger partial charge on any atom is -0.324 e. The van der Waals surface area contributed by atoms with Crippen LogP contribution in [0.1, 0.15) is 13.8 Å². The standard InChI is InChI=1S/C11H15N5/c1-9(2)6-14-11(15-8-12)16-10-4-3-5-13-7-10/h3-5,7,9H,6H2,1-2H3,(H2,14,15,16). The maximum absolute atomic E-state index is 8.58. The van der Waals surface area contributed by atoms with Crippen molar-refractivity contribution >= 4 is 11.6 Å². The summed E-state index contributed by atoms with van der Waals surface area (Å²) in [4.78, 5) is 8.22. The second kappa shape index (κ2) is 6.40. The third-order valence-electron chi connectivity index (χ3n) is 1.71. The van der Waals surface area contributed by atoms with Crippen molar-refractivity contribution in [3.05, 3.63) is 24.5 Å². The predicted molar refractivity (Wildman–Crippen MR) is 63.7 cm³/mol. The van der Waals surface area contributed by atoms with Gasteiger partial charge in [0.25, 0.3) is 0 Å². The van der Waals surface area contributed by atoms with Crippen LogP contribution < -0.4 is 10.6 Å². The first-order chi connectivity index (χ1) is 7.72. The number of pyridine rings is 1. The SMILES string of the molecule is CC(C)CN=C(NC#N)Nc1cccnc1. The van der Waals surface area contributed by atoms with E-state index in [0.29, 0.717) is 18.4 Å². The van der Waals surface area contributed by atoms with E-state index >= 15 is 0 Å². The van der Waals surface area contributed by atoms with E-state index < -0.39 is 0 Å². The lowest BCUT2D eigenvalue weighted by Crippen LogP contribution is -2.27. The second-order valence-electron chi connectivity index (χ2n) is 3.69. The van der Waals surface area contributed by atoms with Crippen molar-refractivity contribution < 1.29 is 0 Å². The molecule has 0 spiro atoms. The van der Waals surface area contributed by atoms with Crippen LogP contribution in [0.4, 0.5) is 5.69 Å². The molecule has 0 saturated heterocycles. The molecule has 0 unspecified atom stereocenters. The molecule has 5 nitrogen and oxygen atoms in total. The van der Waals surface area contributed by atoms with Gasteiger partial charge in [-0.25, -0.2) is 0 Å². The average Bonchev–Trinajstić information content (AvgIpc) is 2.27. The van der Waals surface area contributed by atoms with Crippen molar-refractivity contribution in [1.82, 2.24) is 10.3 Å². The van der Waals surface area contributed by atoms with Gasteiger partial charge in [0.2, 0.25) is 5.96 Å². The van der Waals surface area contributed by atoms with Crippen molar-refractivity contribution in [2.45, 2.75) is 13.8 Å². The van der Waals surface area contributed by atoms with E-state index in [1.165, 1.54) is 0 Å². The molecular formula is C11H15N5. The van der Waals surface area contributed by atoms with Crippen molar-refractivity contribution in [2.24, 2.45) is 10.9 Å². The zero-order valence-corrected chi connectivity index (χ0v) is 9.44. The van der Waals surface area contributed by atoms with Gasteiger partial charge >= 0.3 is 0 Å². The van der Waals surface area contributed by atoms with Gasteiger partial charge in [0.05, 0.1) is 11.9 Å². The van der Waals surface area contributed by atoms with Gasteiger partial charge in [0.15, 0.2) is 6.19 Å². The number of hydrogen-bond donors (Lipinski definition) is 2. The van der Waals surface area contributed by atoms with Crippen LogP contribution in [-0.2, 0) is 0 Å². The van der Waals surface area contributed by atoms with Crippen LogP contribution >= 0.6 is 0 Å². The smallest absolute Gasteiger partial charge is 0.209 e. The van der Waals surface area contributed by atoms with Crippen molar-refractivity contribution in [2.75, 3.05) is 11.9 Å². The van der Waals surface area contributed by atoms with Gasteiger partial charge in [-0.15, -0.1) is 0 Å². The van der Waals surface area contributed by atoms with Crippen molar-refractivity contribution in [3.8, 4) is 6.19 Å². The van der Waals surface area contributed by atoms with Crippen molar-refractivity contribution in [1.29, 1.82) is 5.26 Å². The van der Waals surface area contributed by atoms with Crippen LogP contribution in [-0.4, -0.2) is 17.5 Å². The van der Waals surface area contributed by atoms with Gasteiger partial charge in [-0.1, -0.05) is 13.8 Å². The molecule has 0 fully saturated rings. The third-order valence-corrected chi connectivity index (χ3v) is 1.71. The highest BCUT2D eigenvalue weighted by molar-refractivity contribution is 5.94. The molecule has 0 aliphatic carbocycles. The number of nitriles is 1. The maximum atomic E-state index is 8.58. The number of anilines is 1. The average molecular weight is 217 g/mol. The van der Waals surface area contributed by atoms with Gasteiger partial charge in [-0.3, -0.25) is 15.3 Å². The first kappa shape index (κ1) is 12.0. The van der Waals surface area contributed by atoms with Gasteiger partial charge in [-0.2, -0.15) is 5.26 Å². The minimum atomic E-state index is 0.448. The van der Waals surface area contributed by atoms with Crippen LogP contribution in [0.2, 0.25) is 0 Å². The van der Waals surface area contributed by atoms with E-state index in [4.69, 9.17) is 5.26 Å². The van der Waals surface area contributed by atoms with Crippen LogP contribution in [0.15, 0.2) is 29.5 Å². The number of nitrogens with zero attached hydrogens (tertiary/aromatic N) is 3. The fourth-order valence-corrected chi connectivity index (χ4v) is 1.01. The van der Waals surface area contributed by atoms with E-state index in [2.05, 4.69) is 34.5 Å². The fraction of sp³-hybridized carbons (Fsp3) is 0.364. The number of hydrogen-bond acceptors (Lipinski definition) is 3. The third kappa shape index (κ3) is 4.42. The molecule has 84 valence electrons. The predicted octanol–water partition coefficient (Wildman–Crippen LogP) is 1.58. The Morgan fingerprint density at radius 3 is 3.00 bits per heavy atom. The fourth-order valence-electron chi connectivity index (χ4n) is 1.01. The van der Waals surface area contributed by atoms with Crippen LogP contribution in [0.5, 0.6) is 0 Å². The zero-order chi connectivity index (χ0) is 11.8. The Bertz CT molecular complexity index is 377. The summed E-state index contributed by atoms with van der Waals surface area (Å²) in [6.07, 6.45) is 5.21. The Hall–Kier alpha value is -2.09. The summed E-state index contributed by atoms with van der Waals surface area (Å²) in [7, 11) is 0. The highest BCUT2D eigenvalue weighted by Gasteiger charge is 1.99. The molecule has 1 aromatic heterocycles. The summed E-state index contributed by atoms with van der Waals surface area (Å²) < 4.78 is 0. The summed E-state index contributed by atoms with van der Waals surface area (Å²) in [6, 6.07) is 3.67. The number of aromatic nitrogens is 1. The molecule has 0 atom stereocenters. The monoisotopic (exact) mass is 217 g/mol. The van der Waals surface area contributed by atoms with Crippen LogP contribution in [0.3, 0.4) is 0 Å². The van der Waals surface area contributed by atoms with Crippen LogP contribution in [0, 0.1) is 17.4 Å². The van der Waals surface area contributed by atoms with Gasteiger partial charge < -0.3 is 5.32 Å². The Morgan fingerprint density at radius 2 is 2.44 bits per heavy atom. The topological polar surface area (TPSA) is 73.1 Å². The summed E-state index contributed by atoms with van der Waals surface area (Å²) >= 11 is 0. The first-order valence-corrected chi connectivity index (χ1v) is 5.09. The second-order valence-corrected chi connectivity index (χ2v) is 3.69. The summed E-state index contributed by atoms with van der Waals surface area (Å²) in [6.45, 7) is 4.80. The Labute approximate surface area is 95.2 Å². The Kier molecular flexibility index (Phi) is 4.80. The first-order valence-electron chi connectivity index (χ1n) is 5.09. The highest BCUT2D eigenvalue weighted by Crippen LogP contribution is 2.02. The van der Waals surface area contributed by atoms with E-state index in [9.17, 15) is 0 Å². The molecule has 0 bridgehead atoms. The molecule has 16 heavy (non-hydrogen) atoms. The molecule has 1 heterocycles. The molecule has 1 rings (SSSR count). The summed E-state index contributed by atoms with van der Waals surface area (Å²) in [5.74, 6) is 0.899. The molecule has 0 radical (unpaired) electrons. The Morgan fingerprint density at radius 1 is 1.62 bits per heavy atom. The molecule has 0 saturated carbocycles. The van der Waals surface area contributed by atoms with Gasteiger partial charge in [0, 0.05) is 12.7 Å². The van der Waals surface area contributed by atoms with Crippen LogP contribution in [0.25, 0.3) is 0 Å². The molecule has 0 aliphatic rings. The van der Waals surface area contributed by atoms with Gasteiger partial charge in [-0.05, 0) is 18.1 Å². The Balaban J connectivity index is 2.65. The molecule has 2 N–H and O–H groups in total. The minimum absolute atomic E-state index is 0.448. The summed E-state index contributed by atoms with van der Waals surface area (Å²) in [5.41, 5.74) is 0.799. The highest BCUT2D eigenvalue weighted by atomic mass is 15.2. The maximum Gasteiger partial charge on any atom is 0.209 e. The van der Waals surface area contributed by atoms with Crippen molar-refractivity contribution in [3.63, 3.8) is 0 Å². The van der Waals surface area contributed by atoms with E-state index in [1.807, 2.05) is 18.3 Å². The van der Waals surface area contributed by atoms with E-state index in [0.717, 1.165) is 5.69 Å². The molecule has 0 aromatic carbocycles. The lowest BCUT2D eigenvalue weighted by atomic mass is 10.2. The number of nitrogens with one attached hydrogen (secondary N) is 2. The molecule has 5 heteroatoms. The number of guanidine groups is 1. The molecule has 0 amide bonds. The lowest BCUT2D eigenvalue weighted by Gasteiger charge is -2.08. The largest absolute Gasteiger partial charge is 0.324 e. The number of aliphatic imine (C=N–C) groups is 1. The summed E-state index contributed by atoms with van der Waals surface area (Å²) in [5, 5.41) is 14.1. The number of rotatable bonds is 3. The molecule has 0 aliphatic heterocycles. The lowest BCUT2D eigenvalue weighted by molar-refractivity contribution is 0.664. The molecule has 1 aromatic rings. The van der Waals surface area contributed by atoms with E-state index in [-0.39, 0.29) is 0 Å². The van der Waals surface area contributed by atoms with E-state index in [1.54, 1.807) is 12.4 Å². The van der Waals surface area contributed by atoms with Gasteiger partial charge in [0.1, 0.15) is 0 Å². The molecular weight excluding hydrogens is 202 g/mol. The quantitative estimate of drug-likeness (QED) is 0.349. The zero-order valence-electron chi connectivity index (χ0n) is 9.44. The normalized spacial score (nSPS) is 11.0.